The average molecular weight is 156 g/mol. The summed E-state index contributed by atoms with van der Waals surface area (Å²) in [4.78, 5) is 2.41. The van der Waals surface area contributed by atoms with Crippen LogP contribution in [0.2, 0.25) is 0 Å². The molecular formula is C9H20N2. The SMILES string of the molecule is CNCC1(C)CCN(C)CC1. The van der Waals surface area contributed by atoms with Gasteiger partial charge in [-0.1, -0.05) is 6.92 Å². The number of hydrogen-bond acceptors (Lipinski definition) is 2. The van der Waals surface area contributed by atoms with Crippen LogP contribution in [0.5, 0.6) is 0 Å². The van der Waals surface area contributed by atoms with Gasteiger partial charge in [-0.25, -0.2) is 0 Å². The Hall–Kier alpha value is -0.0800. The highest BCUT2D eigenvalue weighted by atomic mass is 15.1. The van der Waals surface area contributed by atoms with Gasteiger partial charge in [0.25, 0.3) is 0 Å². The van der Waals surface area contributed by atoms with Crippen LogP contribution in [0.1, 0.15) is 19.8 Å². The number of nitrogens with zero attached hydrogens (tertiary/aromatic N) is 1. The number of piperidine rings is 1. The van der Waals surface area contributed by atoms with Crippen LogP contribution in [0.3, 0.4) is 0 Å². The van der Waals surface area contributed by atoms with E-state index in [9.17, 15) is 0 Å². The molecule has 0 saturated carbocycles. The first-order chi connectivity index (χ1) is 5.16. The fraction of sp³-hybridized carbons (Fsp3) is 1.00. The molecule has 0 unspecified atom stereocenters. The fourth-order valence-electron chi connectivity index (χ4n) is 1.76. The molecule has 1 heterocycles. The van der Waals surface area contributed by atoms with Crippen LogP contribution in [0, 0.1) is 5.41 Å². The molecule has 0 amide bonds. The number of rotatable bonds is 2. The predicted octanol–water partition coefficient (Wildman–Crippen LogP) is 0.938. The zero-order valence-electron chi connectivity index (χ0n) is 7.98. The summed E-state index contributed by atoms with van der Waals surface area (Å²) < 4.78 is 0. The average Bonchev–Trinajstić information content (AvgIpc) is 1.97. The molecular weight excluding hydrogens is 136 g/mol. The van der Waals surface area contributed by atoms with Crippen molar-refractivity contribution in [3.05, 3.63) is 0 Å². The van der Waals surface area contributed by atoms with Gasteiger partial charge in [-0.15, -0.1) is 0 Å². The standard InChI is InChI=1S/C9H20N2/c1-9(8-10-2)4-6-11(3)7-5-9/h10H,4-8H2,1-3H3. The molecule has 0 aromatic rings. The summed E-state index contributed by atoms with van der Waals surface area (Å²) in [6, 6.07) is 0. The monoisotopic (exact) mass is 156 g/mol. The summed E-state index contributed by atoms with van der Waals surface area (Å²) in [7, 11) is 4.25. The van der Waals surface area contributed by atoms with Crippen LogP contribution in [0.4, 0.5) is 0 Å². The zero-order chi connectivity index (χ0) is 8.32. The van der Waals surface area contributed by atoms with Crippen molar-refractivity contribution in [3.63, 3.8) is 0 Å². The molecule has 1 rings (SSSR count). The Labute approximate surface area is 70.0 Å². The van der Waals surface area contributed by atoms with Crippen LogP contribution in [0.25, 0.3) is 0 Å². The molecule has 1 fully saturated rings. The highest BCUT2D eigenvalue weighted by Gasteiger charge is 2.27. The van der Waals surface area contributed by atoms with Gasteiger partial charge < -0.3 is 10.2 Å². The van der Waals surface area contributed by atoms with Crippen molar-refractivity contribution < 1.29 is 0 Å². The summed E-state index contributed by atoms with van der Waals surface area (Å²) in [6.07, 6.45) is 2.68. The van der Waals surface area contributed by atoms with E-state index in [1.165, 1.54) is 32.5 Å². The van der Waals surface area contributed by atoms with Crippen molar-refractivity contribution in [2.45, 2.75) is 19.8 Å². The summed E-state index contributed by atoms with van der Waals surface area (Å²) in [5.74, 6) is 0. The maximum Gasteiger partial charge on any atom is 0.000311 e. The molecule has 0 bridgehead atoms. The van der Waals surface area contributed by atoms with E-state index >= 15 is 0 Å². The van der Waals surface area contributed by atoms with E-state index in [2.05, 4.69) is 24.2 Å². The van der Waals surface area contributed by atoms with E-state index in [1.807, 2.05) is 7.05 Å². The van der Waals surface area contributed by atoms with Crippen molar-refractivity contribution >= 4 is 0 Å². The summed E-state index contributed by atoms with van der Waals surface area (Å²) in [5.41, 5.74) is 0.557. The first-order valence-corrected chi connectivity index (χ1v) is 4.49. The van der Waals surface area contributed by atoms with Crippen molar-refractivity contribution in [2.75, 3.05) is 33.7 Å². The van der Waals surface area contributed by atoms with Gasteiger partial charge in [0.05, 0.1) is 0 Å². The molecule has 0 radical (unpaired) electrons. The Bertz CT molecular complexity index is 115. The lowest BCUT2D eigenvalue weighted by atomic mass is 9.80. The largest absolute Gasteiger partial charge is 0.319 e. The lowest BCUT2D eigenvalue weighted by molar-refractivity contribution is 0.139. The molecule has 0 atom stereocenters. The number of likely N-dealkylation sites (tertiary alicyclic amines) is 1. The van der Waals surface area contributed by atoms with Crippen LogP contribution >= 0.6 is 0 Å². The minimum atomic E-state index is 0.557. The molecule has 2 heteroatoms. The van der Waals surface area contributed by atoms with Gasteiger partial charge in [0.2, 0.25) is 0 Å². The van der Waals surface area contributed by atoms with Gasteiger partial charge in [0.15, 0.2) is 0 Å². The van der Waals surface area contributed by atoms with Crippen LogP contribution in [-0.4, -0.2) is 38.6 Å². The van der Waals surface area contributed by atoms with Crippen molar-refractivity contribution in [1.29, 1.82) is 0 Å². The smallest absolute Gasteiger partial charge is 0.000311 e. The maximum absolute atomic E-state index is 3.27. The van der Waals surface area contributed by atoms with Gasteiger partial charge in [0.1, 0.15) is 0 Å². The molecule has 0 spiro atoms. The molecule has 1 N–H and O–H groups in total. The second-order valence-corrected chi connectivity index (χ2v) is 4.14. The Morgan fingerprint density at radius 3 is 2.36 bits per heavy atom. The molecule has 2 nitrogen and oxygen atoms in total. The Balaban J connectivity index is 2.35. The van der Waals surface area contributed by atoms with Crippen LogP contribution < -0.4 is 5.32 Å². The third-order valence-electron chi connectivity index (χ3n) is 2.80. The fourth-order valence-corrected chi connectivity index (χ4v) is 1.76. The predicted molar refractivity (Wildman–Crippen MR) is 48.8 cm³/mol. The minimum absolute atomic E-state index is 0.557. The quantitative estimate of drug-likeness (QED) is 0.640. The Morgan fingerprint density at radius 1 is 1.36 bits per heavy atom. The third-order valence-corrected chi connectivity index (χ3v) is 2.80. The molecule has 0 aromatic carbocycles. The van der Waals surface area contributed by atoms with Gasteiger partial charge in [-0.2, -0.15) is 0 Å². The zero-order valence-corrected chi connectivity index (χ0v) is 7.98. The van der Waals surface area contributed by atoms with Crippen molar-refractivity contribution in [1.82, 2.24) is 10.2 Å². The summed E-state index contributed by atoms with van der Waals surface area (Å²) in [5, 5.41) is 3.27. The lowest BCUT2D eigenvalue weighted by Gasteiger charge is -2.37. The molecule has 0 aromatic heterocycles. The second-order valence-electron chi connectivity index (χ2n) is 4.14. The van der Waals surface area contributed by atoms with E-state index in [-0.39, 0.29) is 0 Å². The van der Waals surface area contributed by atoms with Gasteiger partial charge in [-0.05, 0) is 45.4 Å². The molecule has 1 aliphatic rings. The van der Waals surface area contributed by atoms with Gasteiger partial charge in [0, 0.05) is 6.54 Å². The summed E-state index contributed by atoms with van der Waals surface area (Å²) in [6.45, 7) is 6.08. The Kier molecular flexibility index (Phi) is 2.90. The van der Waals surface area contributed by atoms with Crippen LogP contribution in [-0.2, 0) is 0 Å². The van der Waals surface area contributed by atoms with E-state index in [0.29, 0.717) is 5.41 Å². The van der Waals surface area contributed by atoms with E-state index in [1.54, 1.807) is 0 Å². The third kappa shape index (κ3) is 2.46. The normalized spacial score (nSPS) is 25.4. The number of hydrogen-bond donors (Lipinski definition) is 1. The first-order valence-electron chi connectivity index (χ1n) is 4.49. The molecule has 66 valence electrons. The molecule has 11 heavy (non-hydrogen) atoms. The highest BCUT2D eigenvalue weighted by molar-refractivity contribution is 4.82. The van der Waals surface area contributed by atoms with E-state index < -0.39 is 0 Å². The summed E-state index contributed by atoms with van der Waals surface area (Å²) >= 11 is 0. The first kappa shape index (κ1) is 9.01. The molecule has 1 saturated heterocycles. The topological polar surface area (TPSA) is 15.3 Å². The van der Waals surface area contributed by atoms with Gasteiger partial charge in [-0.3, -0.25) is 0 Å². The second kappa shape index (κ2) is 3.55. The van der Waals surface area contributed by atoms with Crippen molar-refractivity contribution in [3.8, 4) is 0 Å². The van der Waals surface area contributed by atoms with E-state index in [0.717, 1.165) is 0 Å². The van der Waals surface area contributed by atoms with Crippen molar-refractivity contribution in [2.24, 2.45) is 5.41 Å². The molecule has 1 aliphatic heterocycles. The van der Waals surface area contributed by atoms with Crippen LogP contribution in [0.15, 0.2) is 0 Å². The van der Waals surface area contributed by atoms with Gasteiger partial charge >= 0.3 is 0 Å². The van der Waals surface area contributed by atoms with E-state index in [4.69, 9.17) is 0 Å². The Morgan fingerprint density at radius 2 is 1.91 bits per heavy atom. The number of nitrogens with one attached hydrogen (secondary N) is 1. The lowest BCUT2D eigenvalue weighted by Crippen LogP contribution is -2.41. The molecule has 0 aliphatic carbocycles. The minimum Gasteiger partial charge on any atom is -0.319 e. The maximum atomic E-state index is 3.27. The highest BCUT2D eigenvalue weighted by Crippen LogP contribution is 2.28.